The lowest BCUT2D eigenvalue weighted by atomic mass is 10.1. The Hall–Kier alpha value is -1.85. The first-order chi connectivity index (χ1) is 12.0. The van der Waals surface area contributed by atoms with Gasteiger partial charge in [0.05, 0.1) is 5.69 Å². The van der Waals surface area contributed by atoms with Gasteiger partial charge in [0.2, 0.25) is 5.91 Å². The fraction of sp³-hybridized carbons (Fsp3) is 0.368. The summed E-state index contributed by atoms with van der Waals surface area (Å²) in [4.78, 5) is 17.6. The molecule has 3 aromatic rings. The van der Waals surface area contributed by atoms with Crippen LogP contribution < -0.4 is 5.32 Å². The number of nitrogens with one attached hydrogen (secondary N) is 1. The SMILES string of the molecule is CC(C)CCNC(=O)CCc1csc2nc(-c3ccc(Cl)cc3)cn12. The number of amides is 1. The number of hydrogen-bond donors (Lipinski definition) is 1. The molecule has 1 aromatic carbocycles. The second-order valence-electron chi connectivity index (χ2n) is 6.55. The van der Waals surface area contributed by atoms with Gasteiger partial charge in [-0.25, -0.2) is 4.98 Å². The normalized spacial score (nSPS) is 11.4. The fourth-order valence-electron chi connectivity index (χ4n) is 2.60. The van der Waals surface area contributed by atoms with Crippen LogP contribution in [0.15, 0.2) is 35.8 Å². The van der Waals surface area contributed by atoms with E-state index in [9.17, 15) is 4.79 Å². The average Bonchev–Trinajstić information content (AvgIpc) is 3.14. The lowest BCUT2D eigenvalue weighted by molar-refractivity contribution is -0.121. The molecular formula is C19H22ClN3OS. The summed E-state index contributed by atoms with van der Waals surface area (Å²) in [5, 5.41) is 5.78. The van der Waals surface area contributed by atoms with Crippen molar-refractivity contribution in [3.05, 3.63) is 46.6 Å². The summed E-state index contributed by atoms with van der Waals surface area (Å²) in [6, 6.07) is 7.67. The van der Waals surface area contributed by atoms with Crippen LogP contribution in [0.25, 0.3) is 16.2 Å². The second kappa shape index (κ2) is 8.02. The predicted octanol–water partition coefficient (Wildman–Crippen LogP) is 4.81. The van der Waals surface area contributed by atoms with Gasteiger partial charge in [-0.1, -0.05) is 37.6 Å². The molecule has 4 nitrogen and oxygen atoms in total. The van der Waals surface area contributed by atoms with Gasteiger partial charge in [-0.15, -0.1) is 11.3 Å². The van der Waals surface area contributed by atoms with E-state index in [0.29, 0.717) is 23.8 Å². The van der Waals surface area contributed by atoms with E-state index in [2.05, 4.69) is 33.9 Å². The molecule has 1 N–H and O–H groups in total. The zero-order valence-electron chi connectivity index (χ0n) is 14.5. The van der Waals surface area contributed by atoms with Gasteiger partial charge in [-0.3, -0.25) is 9.20 Å². The fourth-order valence-corrected chi connectivity index (χ4v) is 3.63. The Labute approximate surface area is 156 Å². The Balaban J connectivity index is 1.64. The van der Waals surface area contributed by atoms with Crippen molar-refractivity contribution in [1.29, 1.82) is 0 Å². The van der Waals surface area contributed by atoms with Gasteiger partial charge in [-0.05, 0) is 30.9 Å². The molecule has 0 spiro atoms. The van der Waals surface area contributed by atoms with Crippen LogP contribution in [0.4, 0.5) is 0 Å². The van der Waals surface area contributed by atoms with Gasteiger partial charge in [0.15, 0.2) is 4.96 Å². The van der Waals surface area contributed by atoms with Crippen molar-refractivity contribution in [3.63, 3.8) is 0 Å². The number of imidazole rings is 1. The van der Waals surface area contributed by atoms with Crippen LogP contribution in [-0.4, -0.2) is 21.8 Å². The highest BCUT2D eigenvalue weighted by molar-refractivity contribution is 7.15. The number of thiazole rings is 1. The monoisotopic (exact) mass is 375 g/mol. The van der Waals surface area contributed by atoms with E-state index in [-0.39, 0.29) is 5.91 Å². The molecule has 0 unspecified atom stereocenters. The van der Waals surface area contributed by atoms with E-state index in [0.717, 1.165) is 34.9 Å². The van der Waals surface area contributed by atoms with Crippen molar-refractivity contribution in [2.75, 3.05) is 6.54 Å². The summed E-state index contributed by atoms with van der Waals surface area (Å²) in [7, 11) is 0. The number of halogens is 1. The summed E-state index contributed by atoms with van der Waals surface area (Å²) in [6.07, 6.45) is 4.25. The number of aromatic nitrogens is 2. The lowest BCUT2D eigenvalue weighted by Crippen LogP contribution is -2.25. The van der Waals surface area contributed by atoms with Gasteiger partial charge in [0, 0.05) is 40.8 Å². The number of nitrogens with zero attached hydrogens (tertiary/aromatic N) is 2. The van der Waals surface area contributed by atoms with E-state index in [1.165, 1.54) is 0 Å². The van der Waals surface area contributed by atoms with Crippen molar-refractivity contribution in [3.8, 4) is 11.3 Å². The summed E-state index contributed by atoms with van der Waals surface area (Å²) >= 11 is 7.54. The molecule has 0 saturated carbocycles. The van der Waals surface area contributed by atoms with Crippen molar-refractivity contribution in [1.82, 2.24) is 14.7 Å². The highest BCUT2D eigenvalue weighted by atomic mass is 35.5. The zero-order chi connectivity index (χ0) is 17.8. The van der Waals surface area contributed by atoms with E-state index in [4.69, 9.17) is 11.6 Å². The smallest absolute Gasteiger partial charge is 0.220 e. The number of benzene rings is 1. The topological polar surface area (TPSA) is 46.4 Å². The summed E-state index contributed by atoms with van der Waals surface area (Å²) in [5.41, 5.74) is 3.08. The number of hydrogen-bond acceptors (Lipinski definition) is 3. The average molecular weight is 376 g/mol. The van der Waals surface area contributed by atoms with E-state index in [1.54, 1.807) is 11.3 Å². The standard InChI is InChI=1S/C19H22ClN3OS/c1-13(2)9-10-21-18(24)8-7-16-12-25-19-22-17(11-23(16)19)14-3-5-15(20)6-4-14/h3-6,11-13H,7-10H2,1-2H3,(H,21,24). The Morgan fingerprint density at radius 1 is 1.32 bits per heavy atom. The Morgan fingerprint density at radius 2 is 2.08 bits per heavy atom. The molecule has 0 saturated heterocycles. The van der Waals surface area contributed by atoms with Gasteiger partial charge >= 0.3 is 0 Å². The maximum Gasteiger partial charge on any atom is 0.220 e. The van der Waals surface area contributed by atoms with Crippen molar-refractivity contribution >= 4 is 33.8 Å². The molecule has 0 aliphatic rings. The lowest BCUT2D eigenvalue weighted by Gasteiger charge is -2.06. The molecule has 0 bridgehead atoms. The first kappa shape index (κ1) is 18.0. The third kappa shape index (κ3) is 4.61. The molecule has 1 amide bonds. The maximum atomic E-state index is 12.0. The van der Waals surface area contributed by atoms with Gasteiger partial charge in [0.25, 0.3) is 0 Å². The van der Waals surface area contributed by atoms with E-state index < -0.39 is 0 Å². The first-order valence-electron chi connectivity index (χ1n) is 8.51. The largest absolute Gasteiger partial charge is 0.356 e. The minimum absolute atomic E-state index is 0.109. The van der Waals surface area contributed by atoms with Crippen molar-refractivity contribution in [2.45, 2.75) is 33.1 Å². The van der Waals surface area contributed by atoms with Gasteiger partial charge < -0.3 is 5.32 Å². The molecule has 25 heavy (non-hydrogen) atoms. The number of fused-ring (bicyclic) bond motifs is 1. The number of carbonyl (C=O) groups excluding carboxylic acids is 1. The Morgan fingerprint density at radius 3 is 2.80 bits per heavy atom. The van der Waals surface area contributed by atoms with Crippen LogP contribution in [-0.2, 0) is 11.2 Å². The Kier molecular flexibility index (Phi) is 5.76. The van der Waals surface area contributed by atoms with Crippen LogP contribution >= 0.6 is 22.9 Å². The summed E-state index contributed by atoms with van der Waals surface area (Å²) in [6.45, 7) is 5.07. The van der Waals surface area contributed by atoms with Crippen molar-refractivity contribution in [2.24, 2.45) is 5.92 Å². The molecule has 3 rings (SSSR count). The summed E-state index contributed by atoms with van der Waals surface area (Å²) in [5.74, 6) is 0.715. The molecule has 2 aromatic heterocycles. The molecule has 0 radical (unpaired) electrons. The molecule has 6 heteroatoms. The Bertz CT molecular complexity index is 851. The molecule has 132 valence electrons. The molecule has 0 fully saturated rings. The molecule has 0 atom stereocenters. The molecule has 2 heterocycles. The first-order valence-corrected chi connectivity index (χ1v) is 9.77. The van der Waals surface area contributed by atoms with E-state index in [1.807, 2.05) is 30.5 Å². The van der Waals surface area contributed by atoms with Crippen LogP contribution in [0, 0.1) is 5.92 Å². The van der Waals surface area contributed by atoms with Crippen molar-refractivity contribution < 1.29 is 4.79 Å². The number of aryl methyl sites for hydroxylation is 1. The van der Waals surface area contributed by atoms with Crippen LogP contribution in [0.5, 0.6) is 0 Å². The summed E-state index contributed by atoms with van der Waals surface area (Å²) < 4.78 is 2.08. The minimum atomic E-state index is 0.109. The van der Waals surface area contributed by atoms with Gasteiger partial charge in [-0.2, -0.15) is 0 Å². The minimum Gasteiger partial charge on any atom is -0.356 e. The number of rotatable bonds is 7. The van der Waals surface area contributed by atoms with Crippen LogP contribution in [0.1, 0.15) is 32.4 Å². The molecular weight excluding hydrogens is 354 g/mol. The third-order valence-electron chi connectivity index (χ3n) is 4.08. The highest BCUT2D eigenvalue weighted by Crippen LogP contribution is 2.25. The third-order valence-corrected chi connectivity index (χ3v) is 5.22. The number of carbonyl (C=O) groups is 1. The molecule has 0 aliphatic carbocycles. The zero-order valence-corrected chi connectivity index (χ0v) is 16.0. The van der Waals surface area contributed by atoms with E-state index >= 15 is 0 Å². The van der Waals surface area contributed by atoms with Crippen LogP contribution in [0.3, 0.4) is 0 Å². The highest BCUT2D eigenvalue weighted by Gasteiger charge is 2.11. The quantitative estimate of drug-likeness (QED) is 0.644. The van der Waals surface area contributed by atoms with Crippen LogP contribution in [0.2, 0.25) is 5.02 Å². The molecule has 0 aliphatic heterocycles. The predicted molar refractivity (Wildman–Crippen MR) is 104 cm³/mol. The maximum absolute atomic E-state index is 12.0. The second-order valence-corrected chi connectivity index (χ2v) is 7.82. The van der Waals surface area contributed by atoms with Gasteiger partial charge in [0.1, 0.15) is 0 Å².